The fourth-order valence-electron chi connectivity index (χ4n) is 15.7. The SMILES string of the molecule is c1ccc(-c2ccc(-c3cc(-c4ccc(-c5ccccc5)cc4)nc(-n4c5ccccc5c5cc6c7ccccc7n(-c7ccccc7)c6cc54)n3)cc2)cc1.c1ccc(-c2cccc(-c3cc(-c4ccccc4)nc(-n4c5ccccc5c5cc6c7ccccc7n(-c7ccccc7)c6cc54)n3)c2)cc1. The van der Waals surface area contributed by atoms with Crippen molar-refractivity contribution in [2.45, 2.75) is 0 Å². The second kappa shape index (κ2) is 25.9. The average Bonchev–Trinajstić information content (AvgIpc) is 1.56. The molecule has 0 saturated carbocycles. The number of hydrogen-bond donors (Lipinski definition) is 0. The summed E-state index contributed by atoms with van der Waals surface area (Å²) in [5, 5.41) is 9.56. The maximum absolute atomic E-state index is 5.39. The minimum atomic E-state index is 0.629. The third-order valence-corrected chi connectivity index (χ3v) is 20.7. The molecule has 0 aliphatic rings. The van der Waals surface area contributed by atoms with E-state index in [1.54, 1.807) is 0 Å². The summed E-state index contributed by atoms with van der Waals surface area (Å²) in [7, 11) is 0. The van der Waals surface area contributed by atoms with Crippen molar-refractivity contribution >= 4 is 87.2 Å². The van der Waals surface area contributed by atoms with Crippen LogP contribution >= 0.6 is 0 Å². The Morgan fingerprint density at radius 3 is 0.755 bits per heavy atom. The van der Waals surface area contributed by atoms with Gasteiger partial charge in [-0.05, 0) is 124 Å². The highest BCUT2D eigenvalue weighted by atomic mass is 15.2. The van der Waals surface area contributed by atoms with E-state index in [-0.39, 0.29) is 0 Å². The van der Waals surface area contributed by atoms with E-state index in [1.807, 2.05) is 6.07 Å². The second-order valence-corrected chi connectivity index (χ2v) is 26.9. The zero-order valence-electron chi connectivity index (χ0n) is 57.5. The molecule has 6 aromatic heterocycles. The topological polar surface area (TPSA) is 71.3 Å². The van der Waals surface area contributed by atoms with Crippen LogP contribution in [-0.2, 0) is 0 Å². The number of rotatable bonds is 11. The Morgan fingerprint density at radius 2 is 0.387 bits per heavy atom. The quantitative estimate of drug-likeness (QED) is 0.129. The Morgan fingerprint density at radius 1 is 0.142 bits per heavy atom. The maximum atomic E-state index is 5.39. The first-order valence-corrected chi connectivity index (χ1v) is 35.9. The van der Waals surface area contributed by atoms with Gasteiger partial charge in [0.15, 0.2) is 0 Å². The van der Waals surface area contributed by atoms with Gasteiger partial charge < -0.3 is 9.13 Å². The molecule has 0 bridgehead atoms. The van der Waals surface area contributed by atoms with Crippen LogP contribution < -0.4 is 0 Å². The highest BCUT2D eigenvalue weighted by Gasteiger charge is 2.24. The Labute approximate surface area is 611 Å². The Bertz CT molecular complexity index is 6780. The van der Waals surface area contributed by atoms with Crippen LogP contribution in [0.4, 0.5) is 0 Å². The lowest BCUT2D eigenvalue weighted by Crippen LogP contribution is -2.04. The van der Waals surface area contributed by atoms with Crippen molar-refractivity contribution < 1.29 is 0 Å². The van der Waals surface area contributed by atoms with Gasteiger partial charge in [0.1, 0.15) is 0 Å². The molecule has 0 radical (unpaired) electrons. The molecular weight excluding hydrogens is 1290 g/mol. The molecule has 0 unspecified atom stereocenters. The monoisotopic (exact) mass is 1350 g/mol. The molecular formula is C98H64N8. The molecule has 0 amide bonds. The van der Waals surface area contributed by atoms with Crippen LogP contribution in [0.1, 0.15) is 0 Å². The van der Waals surface area contributed by atoms with Gasteiger partial charge in [-0.1, -0.05) is 297 Å². The molecule has 0 fully saturated rings. The molecule has 21 aromatic rings. The third kappa shape index (κ3) is 10.8. The van der Waals surface area contributed by atoms with Crippen molar-refractivity contribution in [1.82, 2.24) is 38.2 Å². The molecule has 15 aromatic carbocycles. The van der Waals surface area contributed by atoms with Crippen molar-refractivity contribution in [2.24, 2.45) is 0 Å². The van der Waals surface area contributed by atoms with Crippen LogP contribution in [0.3, 0.4) is 0 Å². The van der Waals surface area contributed by atoms with Crippen LogP contribution in [0.5, 0.6) is 0 Å². The second-order valence-electron chi connectivity index (χ2n) is 26.9. The van der Waals surface area contributed by atoms with E-state index in [0.717, 1.165) is 100 Å². The molecule has 0 N–H and O–H groups in total. The standard InChI is InChI=1S/C52H34N4.C46H30N4/c1-4-14-35(15-5-1)37-24-28-39(29-25-37)46-33-47(40-30-26-38(27-31-40)36-16-6-2-7-17-36)54-52(53-46)56-49-23-13-11-21-43(49)45-32-44-42-20-10-12-22-48(42)55(50(44)34-51(45)56)41-18-8-3-9-19-41;1-4-15-31(16-5-1)33-19-14-20-34(27-33)41-29-40(32-17-6-2-7-18-32)47-46(48-41)50-43-26-13-11-24-37(43)39-28-38-36-23-10-12-25-42(36)49(44(38)30-45(39)50)35-21-8-3-9-22-35/h1-34H;1-30H. The summed E-state index contributed by atoms with van der Waals surface area (Å²) in [5.74, 6) is 1.27. The van der Waals surface area contributed by atoms with Gasteiger partial charge in [0.05, 0.1) is 66.9 Å². The molecule has 6 heterocycles. The fourth-order valence-corrected chi connectivity index (χ4v) is 15.7. The molecule has 0 atom stereocenters. The van der Waals surface area contributed by atoms with Crippen molar-refractivity contribution in [2.75, 3.05) is 0 Å². The summed E-state index contributed by atoms with van der Waals surface area (Å²) in [4.78, 5) is 21.4. The van der Waals surface area contributed by atoms with Gasteiger partial charge in [0, 0.05) is 76.7 Å². The Balaban J connectivity index is 0.000000141. The van der Waals surface area contributed by atoms with Crippen molar-refractivity contribution in [3.63, 3.8) is 0 Å². The summed E-state index contributed by atoms with van der Waals surface area (Å²) in [5.41, 5.74) is 25.8. The van der Waals surface area contributed by atoms with Crippen molar-refractivity contribution in [1.29, 1.82) is 0 Å². The summed E-state index contributed by atoms with van der Waals surface area (Å²) in [6.45, 7) is 0. The number of nitrogens with zero attached hydrogens (tertiary/aromatic N) is 8. The van der Waals surface area contributed by atoms with E-state index < -0.39 is 0 Å². The smallest absolute Gasteiger partial charge is 0.235 e. The largest absolute Gasteiger partial charge is 0.309 e. The van der Waals surface area contributed by atoms with E-state index in [0.29, 0.717) is 11.9 Å². The predicted octanol–water partition coefficient (Wildman–Crippen LogP) is 25.0. The van der Waals surface area contributed by atoms with E-state index >= 15 is 0 Å². The molecule has 21 rings (SSSR count). The number of para-hydroxylation sites is 6. The van der Waals surface area contributed by atoms with Gasteiger partial charge in [-0.3, -0.25) is 9.13 Å². The van der Waals surface area contributed by atoms with E-state index in [2.05, 4.69) is 400 Å². The van der Waals surface area contributed by atoms with Crippen LogP contribution in [-0.4, -0.2) is 38.2 Å². The van der Waals surface area contributed by atoms with Crippen molar-refractivity contribution in [3.8, 4) is 102 Å². The minimum Gasteiger partial charge on any atom is -0.309 e. The van der Waals surface area contributed by atoms with E-state index in [4.69, 9.17) is 19.9 Å². The zero-order chi connectivity index (χ0) is 70.0. The summed E-state index contributed by atoms with van der Waals surface area (Å²) in [6, 6.07) is 137. The molecule has 106 heavy (non-hydrogen) atoms. The summed E-state index contributed by atoms with van der Waals surface area (Å²) >= 11 is 0. The minimum absolute atomic E-state index is 0.629. The number of aromatic nitrogens is 8. The van der Waals surface area contributed by atoms with Gasteiger partial charge in [0.25, 0.3) is 0 Å². The molecule has 0 aliphatic heterocycles. The number of hydrogen-bond acceptors (Lipinski definition) is 4. The average molecular weight is 1350 g/mol. The van der Waals surface area contributed by atoms with Gasteiger partial charge >= 0.3 is 0 Å². The highest BCUT2D eigenvalue weighted by molar-refractivity contribution is 6.21. The first kappa shape index (κ1) is 61.5. The van der Waals surface area contributed by atoms with Gasteiger partial charge in [-0.15, -0.1) is 0 Å². The number of benzene rings is 15. The third-order valence-electron chi connectivity index (χ3n) is 20.7. The molecule has 8 nitrogen and oxygen atoms in total. The zero-order valence-corrected chi connectivity index (χ0v) is 57.5. The van der Waals surface area contributed by atoms with Crippen LogP contribution in [0.15, 0.2) is 388 Å². The summed E-state index contributed by atoms with van der Waals surface area (Å²) < 4.78 is 9.24. The molecule has 496 valence electrons. The fraction of sp³-hybridized carbons (Fsp3) is 0. The molecule has 8 heteroatoms. The van der Waals surface area contributed by atoms with Gasteiger partial charge in [-0.2, -0.15) is 0 Å². The lowest BCUT2D eigenvalue weighted by atomic mass is 10.0. The summed E-state index contributed by atoms with van der Waals surface area (Å²) in [6.07, 6.45) is 0. The predicted molar refractivity (Wildman–Crippen MR) is 439 cm³/mol. The van der Waals surface area contributed by atoms with Crippen molar-refractivity contribution in [3.05, 3.63) is 388 Å². The first-order chi connectivity index (χ1) is 52.6. The normalized spacial score (nSPS) is 11.6. The lowest BCUT2D eigenvalue weighted by Gasteiger charge is -2.13. The van der Waals surface area contributed by atoms with E-state index in [1.165, 1.54) is 76.6 Å². The maximum Gasteiger partial charge on any atom is 0.235 e. The lowest BCUT2D eigenvalue weighted by molar-refractivity contribution is 0.995. The molecule has 0 saturated heterocycles. The van der Waals surface area contributed by atoms with Crippen LogP contribution in [0, 0.1) is 0 Å². The van der Waals surface area contributed by atoms with Gasteiger partial charge in [0.2, 0.25) is 11.9 Å². The van der Waals surface area contributed by atoms with Crippen LogP contribution in [0.2, 0.25) is 0 Å². The Kier molecular flexibility index (Phi) is 15.0. The van der Waals surface area contributed by atoms with Gasteiger partial charge in [-0.25, -0.2) is 19.9 Å². The molecule has 0 aliphatic carbocycles. The number of fused-ring (bicyclic) bond motifs is 12. The molecule has 0 spiro atoms. The first-order valence-electron chi connectivity index (χ1n) is 35.9. The Hall–Kier alpha value is -14.3. The highest BCUT2D eigenvalue weighted by Crippen LogP contribution is 2.43. The van der Waals surface area contributed by atoms with Crippen LogP contribution in [0.25, 0.3) is 189 Å². The van der Waals surface area contributed by atoms with E-state index in [9.17, 15) is 0 Å².